The van der Waals surface area contributed by atoms with Gasteiger partial charge in [0, 0.05) is 19.6 Å². The summed E-state index contributed by atoms with van der Waals surface area (Å²) in [5, 5.41) is 0. The number of ketones is 1. The first-order chi connectivity index (χ1) is 9.63. The van der Waals surface area contributed by atoms with Crippen molar-refractivity contribution in [1.82, 2.24) is 4.90 Å². The van der Waals surface area contributed by atoms with E-state index in [0.717, 1.165) is 31.7 Å². The van der Waals surface area contributed by atoms with E-state index in [1.165, 1.54) is 18.6 Å². The topological polar surface area (TPSA) is 29.5 Å². The molecule has 20 heavy (non-hydrogen) atoms. The fourth-order valence-electron chi connectivity index (χ4n) is 2.64. The number of Topliss-reactive ketones (excluding diaryl/α,β-unsaturated/α-hetero) is 1. The Kier molecular flexibility index (Phi) is 5.68. The molecule has 0 aromatic heterocycles. The van der Waals surface area contributed by atoms with Gasteiger partial charge in [-0.15, -0.1) is 0 Å². The number of halogens is 1. The summed E-state index contributed by atoms with van der Waals surface area (Å²) in [4.78, 5) is 14.0. The zero-order chi connectivity index (χ0) is 14.4. The minimum absolute atomic E-state index is 0.163. The van der Waals surface area contributed by atoms with Crippen LogP contribution in [0.2, 0.25) is 0 Å². The molecule has 3 nitrogen and oxygen atoms in total. The number of benzene rings is 1. The fourth-order valence-corrected chi connectivity index (χ4v) is 2.64. The molecule has 0 saturated carbocycles. The van der Waals surface area contributed by atoms with Crippen LogP contribution in [0.15, 0.2) is 24.3 Å². The van der Waals surface area contributed by atoms with E-state index in [2.05, 4.69) is 4.90 Å². The van der Waals surface area contributed by atoms with Gasteiger partial charge >= 0.3 is 0 Å². The van der Waals surface area contributed by atoms with Crippen molar-refractivity contribution in [3.8, 4) is 0 Å². The molecule has 2 rings (SSSR count). The SMILES string of the molecule is CN(CC(=O)Cc1ccc(F)cc1)CC1CCCOC1. The zero-order valence-electron chi connectivity index (χ0n) is 12.0. The molecule has 0 radical (unpaired) electrons. The zero-order valence-corrected chi connectivity index (χ0v) is 12.0. The van der Waals surface area contributed by atoms with Crippen LogP contribution < -0.4 is 0 Å². The van der Waals surface area contributed by atoms with E-state index in [1.54, 1.807) is 12.1 Å². The number of carbonyl (C=O) groups excluding carboxylic acids is 1. The van der Waals surface area contributed by atoms with Crippen molar-refractivity contribution in [1.29, 1.82) is 0 Å². The lowest BCUT2D eigenvalue weighted by molar-refractivity contribution is -0.119. The van der Waals surface area contributed by atoms with Crippen molar-refractivity contribution in [3.05, 3.63) is 35.6 Å². The second kappa shape index (κ2) is 7.50. The lowest BCUT2D eigenvalue weighted by Crippen LogP contribution is -2.34. The number of hydrogen-bond acceptors (Lipinski definition) is 3. The highest BCUT2D eigenvalue weighted by Crippen LogP contribution is 2.14. The summed E-state index contributed by atoms with van der Waals surface area (Å²) in [6, 6.07) is 6.13. The van der Waals surface area contributed by atoms with Crippen LogP contribution in [0.4, 0.5) is 4.39 Å². The first kappa shape index (κ1) is 15.1. The van der Waals surface area contributed by atoms with Gasteiger partial charge in [-0.2, -0.15) is 0 Å². The molecule has 0 aliphatic carbocycles. The molecule has 1 aromatic rings. The maximum atomic E-state index is 12.8. The molecule has 0 N–H and O–H groups in total. The highest BCUT2D eigenvalue weighted by molar-refractivity contribution is 5.82. The molecule has 1 aromatic carbocycles. The number of carbonyl (C=O) groups is 1. The third-order valence-electron chi connectivity index (χ3n) is 3.59. The normalized spacial score (nSPS) is 19.2. The summed E-state index contributed by atoms with van der Waals surface area (Å²) in [6.45, 7) is 3.00. The largest absolute Gasteiger partial charge is 0.381 e. The molecule has 1 atom stereocenters. The molecule has 1 fully saturated rings. The van der Waals surface area contributed by atoms with Crippen LogP contribution in [0.25, 0.3) is 0 Å². The number of nitrogens with zero attached hydrogens (tertiary/aromatic N) is 1. The van der Waals surface area contributed by atoms with Gasteiger partial charge in [-0.1, -0.05) is 12.1 Å². The Morgan fingerprint density at radius 1 is 1.40 bits per heavy atom. The van der Waals surface area contributed by atoms with Crippen LogP contribution >= 0.6 is 0 Å². The molecule has 1 unspecified atom stereocenters. The smallest absolute Gasteiger partial charge is 0.151 e. The van der Waals surface area contributed by atoms with E-state index in [9.17, 15) is 9.18 Å². The van der Waals surface area contributed by atoms with Crippen molar-refractivity contribution in [2.75, 3.05) is 33.4 Å². The molecule has 1 saturated heterocycles. The van der Waals surface area contributed by atoms with Crippen molar-refractivity contribution < 1.29 is 13.9 Å². The molecule has 1 heterocycles. The summed E-state index contributed by atoms with van der Waals surface area (Å²) in [7, 11) is 1.97. The monoisotopic (exact) mass is 279 g/mol. The molecular weight excluding hydrogens is 257 g/mol. The van der Waals surface area contributed by atoms with Crippen molar-refractivity contribution in [2.24, 2.45) is 5.92 Å². The second-order valence-corrected chi connectivity index (χ2v) is 5.62. The summed E-state index contributed by atoms with van der Waals surface area (Å²) in [5.41, 5.74) is 0.866. The van der Waals surface area contributed by atoms with Gasteiger partial charge in [-0.05, 0) is 43.5 Å². The third kappa shape index (κ3) is 5.02. The lowest BCUT2D eigenvalue weighted by atomic mass is 10.0. The summed E-state index contributed by atoms with van der Waals surface area (Å²) in [5.74, 6) is 0.429. The van der Waals surface area contributed by atoms with Crippen molar-refractivity contribution in [3.63, 3.8) is 0 Å². The van der Waals surface area contributed by atoms with E-state index in [1.807, 2.05) is 7.05 Å². The first-order valence-electron chi connectivity index (χ1n) is 7.16. The van der Waals surface area contributed by atoms with Crippen LogP contribution in [-0.4, -0.2) is 44.0 Å². The van der Waals surface area contributed by atoms with Crippen LogP contribution in [-0.2, 0) is 16.0 Å². The molecule has 4 heteroatoms. The van der Waals surface area contributed by atoms with Gasteiger partial charge in [0.25, 0.3) is 0 Å². The molecule has 110 valence electrons. The van der Waals surface area contributed by atoms with Crippen LogP contribution in [0.5, 0.6) is 0 Å². The van der Waals surface area contributed by atoms with Crippen LogP contribution in [0.3, 0.4) is 0 Å². The Hall–Kier alpha value is -1.26. The van der Waals surface area contributed by atoms with Crippen molar-refractivity contribution >= 4 is 5.78 Å². The maximum Gasteiger partial charge on any atom is 0.151 e. The van der Waals surface area contributed by atoms with E-state index < -0.39 is 0 Å². The van der Waals surface area contributed by atoms with Gasteiger partial charge in [0.2, 0.25) is 0 Å². The number of rotatable bonds is 6. The third-order valence-corrected chi connectivity index (χ3v) is 3.59. The van der Waals surface area contributed by atoms with Gasteiger partial charge in [0.15, 0.2) is 5.78 Å². The Balaban J connectivity index is 1.74. The van der Waals surface area contributed by atoms with Gasteiger partial charge in [0.05, 0.1) is 13.2 Å². The predicted octanol–water partition coefficient (Wildman–Crippen LogP) is 2.30. The predicted molar refractivity (Wildman–Crippen MR) is 76.2 cm³/mol. The van der Waals surface area contributed by atoms with Crippen molar-refractivity contribution in [2.45, 2.75) is 19.3 Å². The molecular formula is C16H22FNO2. The summed E-state index contributed by atoms with van der Waals surface area (Å²) >= 11 is 0. The quantitative estimate of drug-likeness (QED) is 0.800. The minimum atomic E-state index is -0.268. The number of hydrogen-bond donors (Lipinski definition) is 0. The Morgan fingerprint density at radius 2 is 2.15 bits per heavy atom. The Labute approximate surface area is 119 Å². The van der Waals surface area contributed by atoms with E-state index >= 15 is 0 Å². The van der Waals surface area contributed by atoms with Gasteiger partial charge in [-0.25, -0.2) is 4.39 Å². The number of ether oxygens (including phenoxy) is 1. The molecule has 0 bridgehead atoms. The van der Waals surface area contributed by atoms with Gasteiger partial charge in [0.1, 0.15) is 5.82 Å². The lowest BCUT2D eigenvalue weighted by Gasteiger charge is -2.26. The standard InChI is InChI=1S/C16H22FNO2/c1-18(10-14-3-2-8-20-12-14)11-16(19)9-13-4-6-15(17)7-5-13/h4-7,14H,2-3,8-12H2,1H3. The minimum Gasteiger partial charge on any atom is -0.381 e. The molecule has 1 aliphatic heterocycles. The van der Waals surface area contributed by atoms with Crippen LogP contribution in [0.1, 0.15) is 18.4 Å². The average molecular weight is 279 g/mol. The van der Waals surface area contributed by atoms with E-state index in [0.29, 0.717) is 18.9 Å². The second-order valence-electron chi connectivity index (χ2n) is 5.62. The number of likely N-dealkylation sites (N-methyl/N-ethyl adjacent to an activating group) is 1. The fraction of sp³-hybridized carbons (Fsp3) is 0.562. The highest BCUT2D eigenvalue weighted by Gasteiger charge is 2.17. The van der Waals surface area contributed by atoms with Gasteiger partial charge < -0.3 is 4.74 Å². The van der Waals surface area contributed by atoms with E-state index in [-0.39, 0.29) is 11.6 Å². The molecule has 0 amide bonds. The Morgan fingerprint density at radius 3 is 2.80 bits per heavy atom. The summed E-state index contributed by atoms with van der Waals surface area (Å²) in [6.07, 6.45) is 2.66. The van der Waals surface area contributed by atoms with E-state index in [4.69, 9.17) is 4.74 Å². The highest BCUT2D eigenvalue weighted by atomic mass is 19.1. The Bertz CT molecular complexity index is 427. The maximum absolute atomic E-state index is 12.8. The molecule has 0 spiro atoms. The summed E-state index contributed by atoms with van der Waals surface area (Å²) < 4.78 is 18.2. The van der Waals surface area contributed by atoms with Gasteiger partial charge in [-0.3, -0.25) is 9.69 Å². The van der Waals surface area contributed by atoms with Crippen LogP contribution in [0, 0.1) is 11.7 Å². The molecule has 1 aliphatic rings. The first-order valence-corrected chi connectivity index (χ1v) is 7.16. The average Bonchev–Trinajstić information content (AvgIpc) is 2.42.